The summed E-state index contributed by atoms with van der Waals surface area (Å²) >= 11 is 0. The minimum atomic E-state index is -0.296. The number of furan rings is 1. The maximum absolute atomic E-state index is 12.1. The monoisotopic (exact) mass is 338 g/mol. The summed E-state index contributed by atoms with van der Waals surface area (Å²) in [5.41, 5.74) is 2.29. The molecule has 4 rings (SSSR count). The Bertz CT molecular complexity index is 947. The Balaban J connectivity index is 1.39. The summed E-state index contributed by atoms with van der Waals surface area (Å²) in [6.07, 6.45) is 0.659. The van der Waals surface area contributed by atoms with Gasteiger partial charge in [0.05, 0.1) is 6.54 Å². The smallest absolute Gasteiger partial charge is 0.409 e. The molecule has 25 heavy (non-hydrogen) atoms. The van der Waals surface area contributed by atoms with Crippen molar-refractivity contribution in [2.45, 2.75) is 12.8 Å². The standard InChI is InChI=1S/C19H18N2O4/c22-18(6-3-9-21-10-11-24-19(21)23)20-13-7-8-15-14-4-1-2-5-16(14)25-17(15)12-13/h1-2,4-5,7-8,12H,3,6,9-11H2,(H,20,22). The number of benzene rings is 2. The Morgan fingerprint density at radius 3 is 2.80 bits per heavy atom. The summed E-state index contributed by atoms with van der Waals surface area (Å²) in [4.78, 5) is 25.1. The van der Waals surface area contributed by atoms with E-state index >= 15 is 0 Å². The molecule has 0 atom stereocenters. The molecular formula is C19H18N2O4. The number of carbonyl (C=O) groups excluding carboxylic acids is 2. The van der Waals surface area contributed by atoms with E-state index in [4.69, 9.17) is 9.15 Å². The third kappa shape index (κ3) is 3.15. The summed E-state index contributed by atoms with van der Waals surface area (Å²) in [6, 6.07) is 13.5. The first kappa shape index (κ1) is 15.5. The van der Waals surface area contributed by atoms with Crippen LogP contribution in [0.1, 0.15) is 12.8 Å². The van der Waals surface area contributed by atoms with Crippen LogP contribution in [0.4, 0.5) is 10.5 Å². The first-order valence-corrected chi connectivity index (χ1v) is 8.33. The van der Waals surface area contributed by atoms with E-state index in [-0.39, 0.29) is 12.0 Å². The molecule has 0 saturated carbocycles. The average molecular weight is 338 g/mol. The normalized spacial score (nSPS) is 14.2. The average Bonchev–Trinajstić information content (AvgIpc) is 3.17. The molecule has 1 aliphatic heterocycles. The SMILES string of the molecule is O=C(CCCN1CCOC1=O)Nc1ccc2c(c1)oc1ccccc12. The molecule has 0 aliphatic carbocycles. The van der Waals surface area contributed by atoms with E-state index in [2.05, 4.69) is 5.32 Å². The number of nitrogens with zero attached hydrogens (tertiary/aromatic N) is 1. The van der Waals surface area contributed by atoms with Crippen LogP contribution in [0.2, 0.25) is 0 Å². The van der Waals surface area contributed by atoms with Crippen molar-refractivity contribution >= 4 is 39.6 Å². The van der Waals surface area contributed by atoms with E-state index in [0.717, 1.165) is 21.9 Å². The number of hydrogen-bond acceptors (Lipinski definition) is 4. The number of amides is 2. The zero-order chi connectivity index (χ0) is 17.2. The number of rotatable bonds is 5. The lowest BCUT2D eigenvalue weighted by Crippen LogP contribution is -2.26. The highest BCUT2D eigenvalue weighted by molar-refractivity contribution is 6.06. The summed E-state index contributed by atoms with van der Waals surface area (Å²) in [6.45, 7) is 1.57. The van der Waals surface area contributed by atoms with Crippen LogP contribution in [-0.2, 0) is 9.53 Å². The second kappa shape index (κ2) is 6.47. The summed E-state index contributed by atoms with van der Waals surface area (Å²) < 4.78 is 10.7. The molecule has 0 radical (unpaired) electrons. The van der Waals surface area contributed by atoms with E-state index in [9.17, 15) is 9.59 Å². The molecule has 1 aromatic heterocycles. The van der Waals surface area contributed by atoms with Crippen molar-refractivity contribution in [3.63, 3.8) is 0 Å². The van der Waals surface area contributed by atoms with Crippen LogP contribution in [0.15, 0.2) is 46.9 Å². The molecule has 0 spiro atoms. The minimum absolute atomic E-state index is 0.0805. The van der Waals surface area contributed by atoms with Gasteiger partial charge < -0.3 is 19.4 Å². The maximum Gasteiger partial charge on any atom is 0.409 e. The van der Waals surface area contributed by atoms with Crippen molar-refractivity contribution < 1.29 is 18.7 Å². The molecule has 2 amide bonds. The van der Waals surface area contributed by atoms with Gasteiger partial charge in [0.15, 0.2) is 0 Å². The molecule has 1 N–H and O–H groups in total. The Kier molecular flexibility index (Phi) is 4.01. The lowest BCUT2D eigenvalue weighted by molar-refractivity contribution is -0.116. The number of hydrogen-bond donors (Lipinski definition) is 1. The zero-order valence-corrected chi connectivity index (χ0v) is 13.7. The molecule has 2 heterocycles. The van der Waals surface area contributed by atoms with Gasteiger partial charge in [-0.25, -0.2) is 4.79 Å². The van der Waals surface area contributed by atoms with Gasteiger partial charge in [0, 0.05) is 35.5 Å². The maximum atomic E-state index is 12.1. The number of cyclic esters (lactones) is 1. The number of anilines is 1. The number of ether oxygens (including phenoxy) is 1. The van der Waals surface area contributed by atoms with Gasteiger partial charge in [-0.15, -0.1) is 0 Å². The van der Waals surface area contributed by atoms with Crippen LogP contribution in [0.5, 0.6) is 0 Å². The van der Waals surface area contributed by atoms with Gasteiger partial charge in [0.2, 0.25) is 5.91 Å². The van der Waals surface area contributed by atoms with Gasteiger partial charge in [-0.05, 0) is 24.6 Å². The number of nitrogens with one attached hydrogen (secondary N) is 1. The zero-order valence-electron chi connectivity index (χ0n) is 13.7. The molecule has 3 aromatic rings. The Morgan fingerprint density at radius 1 is 1.12 bits per heavy atom. The highest BCUT2D eigenvalue weighted by Gasteiger charge is 2.21. The van der Waals surface area contributed by atoms with Crippen LogP contribution < -0.4 is 5.32 Å². The van der Waals surface area contributed by atoms with Gasteiger partial charge in [-0.2, -0.15) is 0 Å². The Morgan fingerprint density at radius 2 is 1.96 bits per heavy atom. The molecule has 6 heteroatoms. The molecular weight excluding hydrogens is 320 g/mol. The van der Waals surface area contributed by atoms with Crippen LogP contribution in [0, 0.1) is 0 Å². The first-order valence-electron chi connectivity index (χ1n) is 8.33. The fourth-order valence-electron chi connectivity index (χ4n) is 3.09. The summed E-state index contributed by atoms with van der Waals surface area (Å²) in [5, 5.41) is 4.97. The van der Waals surface area contributed by atoms with E-state index < -0.39 is 0 Å². The number of fused-ring (bicyclic) bond motifs is 3. The van der Waals surface area contributed by atoms with Gasteiger partial charge in [-0.1, -0.05) is 18.2 Å². The Hall–Kier alpha value is -3.02. The van der Waals surface area contributed by atoms with Gasteiger partial charge in [0.1, 0.15) is 17.8 Å². The highest BCUT2D eigenvalue weighted by Crippen LogP contribution is 2.30. The topological polar surface area (TPSA) is 71.8 Å². The van der Waals surface area contributed by atoms with Crippen LogP contribution in [0.25, 0.3) is 21.9 Å². The molecule has 6 nitrogen and oxygen atoms in total. The van der Waals surface area contributed by atoms with E-state index in [1.54, 1.807) is 4.90 Å². The quantitative estimate of drug-likeness (QED) is 0.769. The Labute approximate surface area is 144 Å². The number of para-hydroxylation sites is 1. The molecule has 1 aliphatic rings. The largest absolute Gasteiger partial charge is 0.456 e. The highest BCUT2D eigenvalue weighted by atomic mass is 16.6. The first-order chi connectivity index (χ1) is 12.2. The lowest BCUT2D eigenvalue weighted by atomic mass is 10.1. The van der Waals surface area contributed by atoms with E-state index in [1.165, 1.54) is 0 Å². The van der Waals surface area contributed by atoms with Crippen LogP contribution >= 0.6 is 0 Å². The van der Waals surface area contributed by atoms with Crippen LogP contribution in [0.3, 0.4) is 0 Å². The van der Waals surface area contributed by atoms with Crippen molar-refractivity contribution in [1.29, 1.82) is 0 Å². The van der Waals surface area contributed by atoms with Gasteiger partial charge in [-0.3, -0.25) is 4.79 Å². The molecule has 0 unspecified atom stereocenters. The molecule has 2 aromatic carbocycles. The second-order valence-corrected chi connectivity index (χ2v) is 6.06. The summed E-state index contributed by atoms with van der Waals surface area (Å²) in [7, 11) is 0. The third-order valence-electron chi connectivity index (χ3n) is 4.34. The fourth-order valence-corrected chi connectivity index (χ4v) is 3.09. The van der Waals surface area contributed by atoms with E-state index in [1.807, 2.05) is 42.5 Å². The molecule has 1 fully saturated rings. The van der Waals surface area contributed by atoms with Crippen LogP contribution in [-0.4, -0.2) is 36.6 Å². The van der Waals surface area contributed by atoms with Crippen molar-refractivity contribution in [3.8, 4) is 0 Å². The van der Waals surface area contributed by atoms with Crippen molar-refractivity contribution in [2.24, 2.45) is 0 Å². The lowest BCUT2D eigenvalue weighted by Gasteiger charge is -2.11. The second-order valence-electron chi connectivity index (χ2n) is 6.06. The van der Waals surface area contributed by atoms with Crippen molar-refractivity contribution in [2.75, 3.05) is 25.0 Å². The van der Waals surface area contributed by atoms with E-state index in [0.29, 0.717) is 38.2 Å². The minimum Gasteiger partial charge on any atom is -0.456 e. The predicted molar refractivity (Wildman–Crippen MR) is 94.5 cm³/mol. The van der Waals surface area contributed by atoms with Crippen molar-refractivity contribution in [3.05, 3.63) is 42.5 Å². The van der Waals surface area contributed by atoms with Gasteiger partial charge >= 0.3 is 6.09 Å². The fraction of sp³-hybridized carbons (Fsp3) is 0.263. The van der Waals surface area contributed by atoms with Crippen molar-refractivity contribution in [1.82, 2.24) is 4.90 Å². The number of carbonyl (C=O) groups is 2. The van der Waals surface area contributed by atoms with Gasteiger partial charge in [0.25, 0.3) is 0 Å². The molecule has 1 saturated heterocycles. The third-order valence-corrected chi connectivity index (χ3v) is 4.34. The molecule has 0 bridgehead atoms. The molecule has 128 valence electrons. The predicted octanol–water partition coefficient (Wildman–Crippen LogP) is 3.76. The summed E-state index contributed by atoms with van der Waals surface area (Å²) in [5.74, 6) is -0.0805.